The van der Waals surface area contributed by atoms with Gasteiger partial charge >= 0.3 is 0 Å². The lowest BCUT2D eigenvalue weighted by Gasteiger charge is -2.33. The number of nitrogen functional groups attached to an aromatic ring is 1. The molecule has 0 heterocycles. The van der Waals surface area contributed by atoms with Crippen molar-refractivity contribution in [2.24, 2.45) is 5.92 Å². The fraction of sp³-hybridized carbons (Fsp3) is 0.538. The third kappa shape index (κ3) is 2.52. The van der Waals surface area contributed by atoms with Crippen molar-refractivity contribution >= 4 is 15.7 Å². The average Bonchev–Trinajstić information content (AvgIpc) is 2.11. The third-order valence-electron chi connectivity index (χ3n) is 3.45. The molecule has 18 heavy (non-hydrogen) atoms. The Morgan fingerprint density at radius 1 is 1.22 bits per heavy atom. The van der Waals surface area contributed by atoms with Crippen LogP contribution in [0.15, 0.2) is 17.0 Å². The van der Waals surface area contributed by atoms with Gasteiger partial charge in [-0.2, -0.15) is 0 Å². The maximum absolute atomic E-state index is 12.3. The van der Waals surface area contributed by atoms with Crippen LogP contribution in [0.1, 0.15) is 30.9 Å². The molecule has 3 N–H and O–H groups in total. The normalized spacial score (nSPS) is 23.7. The first kappa shape index (κ1) is 13.4. The summed E-state index contributed by atoms with van der Waals surface area (Å²) in [7, 11) is -3.43. The van der Waals surface area contributed by atoms with Gasteiger partial charge in [-0.25, -0.2) is 13.1 Å². The fourth-order valence-electron chi connectivity index (χ4n) is 2.68. The van der Waals surface area contributed by atoms with Crippen LogP contribution in [0.25, 0.3) is 0 Å². The van der Waals surface area contributed by atoms with E-state index in [4.69, 9.17) is 5.73 Å². The molecule has 1 aromatic rings. The number of sulfonamides is 1. The molecular weight excluding hydrogens is 248 g/mol. The van der Waals surface area contributed by atoms with Crippen molar-refractivity contribution in [2.75, 3.05) is 5.73 Å². The van der Waals surface area contributed by atoms with Crippen molar-refractivity contribution in [3.05, 3.63) is 23.3 Å². The Morgan fingerprint density at radius 3 is 2.17 bits per heavy atom. The lowest BCUT2D eigenvalue weighted by atomic mass is 9.83. The highest BCUT2D eigenvalue weighted by Crippen LogP contribution is 2.29. The summed E-state index contributed by atoms with van der Waals surface area (Å²) >= 11 is 0. The van der Waals surface area contributed by atoms with Crippen molar-refractivity contribution in [2.45, 2.75) is 44.6 Å². The Kier molecular flexibility index (Phi) is 3.38. The third-order valence-corrected chi connectivity index (χ3v) is 5.27. The standard InChI is InChI=1S/C13H20N2O2S/c1-8-4-12(5-8)15-18(16,17)13-9(2)6-11(14)7-10(13)3/h6-8,12,15H,4-5,14H2,1-3H3. The minimum absolute atomic E-state index is 0.0846. The summed E-state index contributed by atoms with van der Waals surface area (Å²) < 4.78 is 27.5. The molecule has 0 aromatic heterocycles. The van der Waals surface area contributed by atoms with Gasteiger partial charge in [0.2, 0.25) is 10.0 Å². The molecule has 1 aliphatic rings. The van der Waals surface area contributed by atoms with Gasteiger partial charge in [0, 0.05) is 11.7 Å². The molecule has 1 saturated carbocycles. The monoisotopic (exact) mass is 268 g/mol. The van der Waals surface area contributed by atoms with Crippen LogP contribution in [-0.2, 0) is 10.0 Å². The summed E-state index contributed by atoms with van der Waals surface area (Å²) in [4.78, 5) is 0.372. The minimum atomic E-state index is -3.43. The summed E-state index contributed by atoms with van der Waals surface area (Å²) in [5.41, 5.74) is 7.71. The average molecular weight is 268 g/mol. The van der Waals surface area contributed by atoms with E-state index in [1.807, 2.05) is 0 Å². The quantitative estimate of drug-likeness (QED) is 0.823. The largest absolute Gasteiger partial charge is 0.399 e. The second kappa shape index (κ2) is 4.55. The van der Waals surface area contributed by atoms with Crippen LogP contribution in [0.3, 0.4) is 0 Å². The molecule has 0 radical (unpaired) electrons. The summed E-state index contributed by atoms with van der Waals surface area (Å²) in [6.07, 6.45) is 1.85. The highest BCUT2D eigenvalue weighted by Gasteiger charge is 2.31. The first-order chi connectivity index (χ1) is 8.29. The number of hydrogen-bond acceptors (Lipinski definition) is 3. The lowest BCUT2D eigenvalue weighted by Crippen LogP contribution is -2.43. The van der Waals surface area contributed by atoms with Crippen molar-refractivity contribution in [3.8, 4) is 0 Å². The van der Waals surface area contributed by atoms with Gasteiger partial charge in [0.1, 0.15) is 0 Å². The van der Waals surface area contributed by atoms with Gasteiger partial charge in [0.25, 0.3) is 0 Å². The van der Waals surface area contributed by atoms with Crippen LogP contribution >= 0.6 is 0 Å². The molecule has 0 amide bonds. The Bertz CT molecular complexity index is 537. The molecule has 0 bridgehead atoms. The van der Waals surface area contributed by atoms with Gasteiger partial charge < -0.3 is 5.73 Å². The summed E-state index contributed by atoms with van der Waals surface area (Å²) in [6, 6.07) is 3.48. The topological polar surface area (TPSA) is 72.2 Å². The van der Waals surface area contributed by atoms with Crippen molar-refractivity contribution in [1.82, 2.24) is 4.72 Å². The van der Waals surface area contributed by atoms with Crippen molar-refractivity contribution in [1.29, 1.82) is 0 Å². The highest BCUT2D eigenvalue weighted by atomic mass is 32.2. The zero-order valence-corrected chi connectivity index (χ0v) is 11.8. The molecule has 2 rings (SSSR count). The lowest BCUT2D eigenvalue weighted by molar-refractivity contribution is 0.270. The van der Waals surface area contributed by atoms with E-state index in [0.29, 0.717) is 27.6 Å². The smallest absolute Gasteiger partial charge is 0.241 e. The Morgan fingerprint density at radius 2 is 1.72 bits per heavy atom. The highest BCUT2D eigenvalue weighted by molar-refractivity contribution is 7.89. The van der Waals surface area contributed by atoms with Crippen LogP contribution in [0.2, 0.25) is 0 Å². The molecule has 0 aliphatic heterocycles. The van der Waals surface area contributed by atoms with Gasteiger partial charge in [-0.3, -0.25) is 0 Å². The molecule has 0 saturated heterocycles. The van der Waals surface area contributed by atoms with E-state index >= 15 is 0 Å². The summed E-state index contributed by atoms with van der Waals surface area (Å²) in [5, 5.41) is 0. The van der Waals surface area contributed by atoms with Crippen LogP contribution in [0.5, 0.6) is 0 Å². The fourth-order valence-corrected chi connectivity index (χ4v) is 4.40. The van der Waals surface area contributed by atoms with E-state index in [1.54, 1.807) is 26.0 Å². The van der Waals surface area contributed by atoms with Crippen LogP contribution in [-0.4, -0.2) is 14.5 Å². The van der Waals surface area contributed by atoms with Gasteiger partial charge in [-0.1, -0.05) is 6.92 Å². The van der Waals surface area contributed by atoms with E-state index in [1.165, 1.54) is 0 Å². The van der Waals surface area contributed by atoms with Crippen molar-refractivity contribution in [3.63, 3.8) is 0 Å². The molecular formula is C13H20N2O2S. The second-order valence-electron chi connectivity index (χ2n) is 5.38. The van der Waals surface area contributed by atoms with Crippen LogP contribution < -0.4 is 10.5 Å². The molecule has 0 spiro atoms. The molecule has 5 heteroatoms. The predicted octanol–water partition coefficient (Wildman–Crippen LogP) is 1.96. The number of benzene rings is 1. The van der Waals surface area contributed by atoms with E-state index in [2.05, 4.69) is 11.6 Å². The van der Waals surface area contributed by atoms with Crippen molar-refractivity contribution < 1.29 is 8.42 Å². The second-order valence-corrected chi connectivity index (χ2v) is 7.03. The summed E-state index contributed by atoms with van der Waals surface area (Å²) in [5.74, 6) is 0.617. The Hall–Kier alpha value is -1.07. The number of nitrogens with one attached hydrogen (secondary N) is 1. The molecule has 1 aromatic carbocycles. The zero-order chi connectivity index (χ0) is 13.5. The maximum atomic E-state index is 12.3. The Labute approximate surface area is 109 Å². The molecule has 0 atom stereocenters. The number of hydrogen-bond donors (Lipinski definition) is 2. The van der Waals surface area contributed by atoms with Crippen LogP contribution in [0.4, 0.5) is 5.69 Å². The summed E-state index contributed by atoms with van der Waals surface area (Å²) in [6.45, 7) is 5.69. The predicted molar refractivity (Wildman–Crippen MR) is 72.8 cm³/mol. The number of nitrogens with two attached hydrogens (primary N) is 1. The molecule has 4 nitrogen and oxygen atoms in total. The minimum Gasteiger partial charge on any atom is -0.399 e. The van der Waals surface area contributed by atoms with Gasteiger partial charge in [0.05, 0.1) is 4.90 Å². The SMILES string of the molecule is Cc1cc(N)cc(C)c1S(=O)(=O)NC1CC(C)C1. The van der Waals surface area contributed by atoms with E-state index < -0.39 is 10.0 Å². The molecule has 0 unspecified atom stereocenters. The van der Waals surface area contributed by atoms with E-state index in [9.17, 15) is 8.42 Å². The van der Waals surface area contributed by atoms with Gasteiger partial charge in [-0.15, -0.1) is 0 Å². The maximum Gasteiger partial charge on any atom is 0.241 e. The van der Waals surface area contributed by atoms with Crippen LogP contribution in [0, 0.1) is 19.8 Å². The molecule has 1 fully saturated rings. The van der Waals surface area contributed by atoms with E-state index in [-0.39, 0.29) is 6.04 Å². The van der Waals surface area contributed by atoms with Gasteiger partial charge in [-0.05, 0) is 55.9 Å². The number of rotatable bonds is 3. The van der Waals surface area contributed by atoms with Gasteiger partial charge in [0.15, 0.2) is 0 Å². The van der Waals surface area contributed by atoms with E-state index in [0.717, 1.165) is 12.8 Å². The molecule has 100 valence electrons. The number of anilines is 1. The zero-order valence-electron chi connectivity index (χ0n) is 11.0. The number of aryl methyl sites for hydroxylation is 2. The molecule has 1 aliphatic carbocycles. The Balaban J connectivity index is 2.30. The first-order valence-electron chi connectivity index (χ1n) is 6.18. The first-order valence-corrected chi connectivity index (χ1v) is 7.67.